The lowest BCUT2D eigenvalue weighted by Gasteiger charge is -2.32. The predicted molar refractivity (Wildman–Crippen MR) is 92.2 cm³/mol. The molecular formula is C16H23N3O2S. The Morgan fingerprint density at radius 1 is 1.41 bits per heavy atom. The van der Waals surface area contributed by atoms with Crippen molar-refractivity contribution in [2.75, 3.05) is 18.6 Å². The highest BCUT2D eigenvalue weighted by atomic mass is 32.2. The summed E-state index contributed by atoms with van der Waals surface area (Å²) in [5, 5.41) is 6.19. The minimum absolute atomic E-state index is 0.0172. The quantitative estimate of drug-likeness (QED) is 0.833. The molecule has 5 nitrogen and oxygen atoms in total. The van der Waals surface area contributed by atoms with Crippen molar-refractivity contribution in [3.8, 4) is 0 Å². The summed E-state index contributed by atoms with van der Waals surface area (Å²) in [6.07, 6.45) is 4.98. The van der Waals surface area contributed by atoms with Gasteiger partial charge in [-0.05, 0) is 51.3 Å². The van der Waals surface area contributed by atoms with E-state index in [0.29, 0.717) is 16.8 Å². The van der Waals surface area contributed by atoms with Crippen LogP contribution in [0.15, 0.2) is 23.1 Å². The third-order valence-electron chi connectivity index (χ3n) is 4.26. The number of fused-ring (bicyclic) bond motifs is 1. The van der Waals surface area contributed by atoms with Crippen molar-refractivity contribution in [1.29, 1.82) is 0 Å². The third-order valence-corrected chi connectivity index (χ3v) is 5.24. The van der Waals surface area contributed by atoms with Gasteiger partial charge in [0.2, 0.25) is 0 Å². The molecule has 1 fully saturated rings. The molecule has 2 N–H and O–H groups in total. The van der Waals surface area contributed by atoms with Gasteiger partial charge >= 0.3 is 0 Å². The van der Waals surface area contributed by atoms with Gasteiger partial charge in [-0.2, -0.15) is 11.8 Å². The number of hydrogen-bond donors (Lipinski definition) is 2. The molecule has 3 heterocycles. The highest BCUT2D eigenvalue weighted by Gasteiger charge is 2.23. The van der Waals surface area contributed by atoms with Crippen molar-refractivity contribution in [2.24, 2.45) is 0 Å². The number of hydrogen-bond acceptors (Lipinski definition) is 4. The highest BCUT2D eigenvalue weighted by molar-refractivity contribution is 7.99. The lowest BCUT2D eigenvalue weighted by Crippen LogP contribution is -2.42. The van der Waals surface area contributed by atoms with Crippen LogP contribution < -0.4 is 10.7 Å². The lowest BCUT2D eigenvalue weighted by atomic mass is 9.95. The zero-order valence-corrected chi connectivity index (χ0v) is 14.1. The van der Waals surface area contributed by atoms with Crippen LogP contribution >= 0.6 is 11.8 Å². The lowest BCUT2D eigenvalue weighted by molar-refractivity contribution is 0.111. The summed E-state index contributed by atoms with van der Waals surface area (Å²) in [5.41, 5.74) is 2.29. The van der Waals surface area contributed by atoms with Crippen LogP contribution in [0.3, 0.4) is 0 Å². The molecule has 0 aromatic carbocycles. The molecule has 0 aliphatic carbocycles. The van der Waals surface area contributed by atoms with Gasteiger partial charge in [0.1, 0.15) is 0 Å². The maximum absolute atomic E-state index is 11.2. The Morgan fingerprint density at radius 3 is 2.64 bits per heavy atom. The van der Waals surface area contributed by atoms with E-state index in [4.69, 9.17) is 0 Å². The van der Waals surface area contributed by atoms with E-state index < -0.39 is 0 Å². The van der Waals surface area contributed by atoms with Gasteiger partial charge in [-0.15, -0.1) is 0 Å². The summed E-state index contributed by atoms with van der Waals surface area (Å²) in [6, 6.07) is 3.12. The largest absolute Gasteiger partial charge is 0.314 e. The van der Waals surface area contributed by atoms with E-state index >= 15 is 0 Å². The van der Waals surface area contributed by atoms with E-state index in [9.17, 15) is 9.59 Å². The third kappa shape index (κ3) is 3.81. The number of thioether (sulfide) groups is 1. The Labute approximate surface area is 134 Å². The van der Waals surface area contributed by atoms with Crippen LogP contribution in [0.25, 0.3) is 5.52 Å². The molecule has 0 bridgehead atoms. The fourth-order valence-corrected chi connectivity index (χ4v) is 3.77. The molecule has 3 rings (SSSR count). The number of pyridine rings is 1. The number of nitrogens with one attached hydrogen (secondary N) is 2. The summed E-state index contributed by atoms with van der Waals surface area (Å²) in [4.78, 5) is 21.7. The Hall–Kier alpha value is -1.53. The number of H-pyrrole nitrogens is 1. The average molecular weight is 321 g/mol. The summed E-state index contributed by atoms with van der Waals surface area (Å²) < 4.78 is 1.65. The summed E-state index contributed by atoms with van der Waals surface area (Å²) >= 11 is 2.07. The normalized spacial score (nSPS) is 16.9. The topological polar surface area (TPSA) is 66.4 Å². The Kier molecular flexibility index (Phi) is 5.47. The van der Waals surface area contributed by atoms with E-state index in [1.165, 1.54) is 30.4 Å². The monoisotopic (exact) mass is 321 g/mol. The second-order valence-electron chi connectivity index (χ2n) is 5.81. The van der Waals surface area contributed by atoms with E-state index in [2.05, 4.69) is 36.1 Å². The first-order valence-electron chi connectivity index (χ1n) is 7.42. The molecule has 0 unspecified atom stereocenters. The molecule has 1 aliphatic rings. The Balaban J connectivity index is 0.000000172. The van der Waals surface area contributed by atoms with Crippen LogP contribution in [0.4, 0.5) is 0 Å². The standard InChI is InChI=1S/C9H8N2O2.C7H15NS/c1-6-8-4-7(5-12)10-11(8)3-2-9(6)13;1-7(8-2)3-5-9-6-4-7/h2-5,10H,1H3;8H,3-6H2,1-2H3. The highest BCUT2D eigenvalue weighted by Crippen LogP contribution is 2.25. The summed E-state index contributed by atoms with van der Waals surface area (Å²) in [6.45, 7) is 4.05. The van der Waals surface area contributed by atoms with Crippen molar-refractivity contribution in [1.82, 2.24) is 14.9 Å². The molecule has 120 valence electrons. The van der Waals surface area contributed by atoms with Crippen molar-refractivity contribution in [2.45, 2.75) is 32.2 Å². The molecule has 1 aliphatic heterocycles. The first-order valence-corrected chi connectivity index (χ1v) is 8.57. The number of aromatic amines is 1. The number of carbonyl (C=O) groups is 1. The van der Waals surface area contributed by atoms with Crippen LogP contribution in [-0.4, -0.2) is 40.0 Å². The molecule has 6 heteroatoms. The van der Waals surface area contributed by atoms with Gasteiger partial charge in [-0.25, -0.2) is 0 Å². The van der Waals surface area contributed by atoms with E-state index in [1.54, 1.807) is 23.7 Å². The first kappa shape index (κ1) is 16.8. The number of aldehydes is 1. The molecule has 0 radical (unpaired) electrons. The molecule has 1 saturated heterocycles. The Bertz CT molecular complexity index is 699. The van der Waals surface area contributed by atoms with Crippen molar-refractivity contribution < 1.29 is 4.79 Å². The number of nitrogens with zero attached hydrogens (tertiary/aromatic N) is 1. The van der Waals surface area contributed by atoms with Crippen LogP contribution in [0.5, 0.6) is 0 Å². The second-order valence-corrected chi connectivity index (χ2v) is 7.04. The van der Waals surface area contributed by atoms with Gasteiger partial charge in [0, 0.05) is 23.4 Å². The average Bonchev–Trinajstić information content (AvgIpc) is 2.97. The molecule has 0 amide bonds. The minimum Gasteiger partial charge on any atom is -0.314 e. The molecule has 0 spiro atoms. The minimum atomic E-state index is -0.0172. The summed E-state index contributed by atoms with van der Waals surface area (Å²) in [5.74, 6) is 2.66. The predicted octanol–water partition coefficient (Wildman–Crippen LogP) is 2.24. The zero-order chi connectivity index (χ0) is 16.2. The van der Waals surface area contributed by atoms with Gasteiger partial charge in [0.15, 0.2) is 11.7 Å². The number of rotatable bonds is 2. The van der Waals surface area contributed by atoms with Crippen LogP contribution in [0, 0.1) is 6.92 Å². The van der Waals surface area contributed by atoms with Gasteiger partial charge in [0.05, 0.1) is 11.2 Å². The molecule has 2 aromatic heterocycles. The molecule has 0 atom stereocenters. The smallest absolute Gasteiger partial charge is 0.185 e. The van der Waals surface area contributed by atoms with Crippen molar-refractivity contribution in [3.05, 3.63) is 39.8 Å². The zero-order valence-electron chi connectivity index (χ0n) is 13.3. The van der Waals surface area contributed by atoms with Gasteiger partial charge in [0.25, 0.3) is 0 Å². The van der Waals surface area contributed by atoms with Crippen LogP contribution in [-0.2, 0) is 0 Å². The first-order chi connectivity index (χ1) is 10.5. The molecule has 2 aromatic rings. The van der Waals surface area contributed by atoms with Crippen molar-refractivity contribution in [3.63, 3.8) is 0 Å². The van der Waals surface area contributed by atoms with Gasteiger partial charge in [-0.1, -0.05) is 0 Å². The second kappa shape index (κ2) is 7.15. The Morgan fingerprint density at radius 2 is 2.09 bits per heavy atom. The van der Waals surface area contributed by atoms with Crippen LogP contribution in [0.2, 0.25) is 0 Å². The van der Waals surface area contributed by atoms with Crippen LogP contribution in [0.1, 0.15) is 35.8 Å². The molecule has 22 heavy (non-hydrogen) atoms. The van der Waals surface area contributed by atoms with E-state index in [1.807, 2.05) is 0 Å². The van der Waals surface area contributed by atoms with E-state index in [0.717, 1.165) is 11.8 Å². The number of aromatic nitrogens is 2. The molecule has 0 saturated carbocycles. The molecular weight excluding hydrogens is 298 g/mol. The fraction of sp³-hybridized carbons (Fsp3) is 0.500. The summed E-state index contributed by atoms with van der Waals surface area (Å²) in [7, 11) is 2.07. The van der Waals surface area contributed by atoms with E-state index in [-0.39, 0.29) is 5.43 Å². The van der Waals surface area contributed by atoms with Gasteiger partial charge in [-0.3, -0.25) is 19.2 Å². The van der Waals surface area contributed by atoms with Gasteiger partial charge < -0.3 is 5.32 Å². The maximum Gasteiger partial charge on any atom is 0.185 e. The van der Waals surface area contributed by atoms with Crippen molar-refractivity contribution >= 4 is 23.6 Å². The number of carbonyl (C=O) groups excluding carboxylic acids is 1. The SMILES string of the molecule is CNC1(C)CCSCC1.Cc1c(=O)ccn2[nH]c(C=O)cc12. The maximum atomic E-state index is 11.2. The fourth-order valence-electron chi connectivity index (χ4n) is 2.38. The number of aryl methyl sites for hydroxylation is 1.